The molecule has 6 heteroatoms. The van der Waals surface area contributed by atoms with Crippen molar-refractivity contribution < 1.29 is 19.1 Å². The second-order valence-electron chi connectivity index (χ2n) is 5.74. The van der Waals surface area contributed by atoms with E-state index >= 15 is 0 Å². The van der Waals surface area contributed by atoms with Gasteiger partial charge in [0.15, 0.2) is 0 Å². The third-order valence-electron chi connectivity index (χ3n) is 3.13. The number of nitrogens with one attached hydrogen (secondary N) is 1. The minimum atomic E-state index is -0.706. The van der Waals surface area contributed by atoms with Gasteiger partial charge in [0.05, 0.1) is 12.7 Å². The van der Waals surface area contributed by atoms with E-state index in [1.165, 1.54) is 24.1 Å². The summed E-state index contributed by atoms with van der Waals surface area (Å²) in [6.07, 6.45) is 0. The van der Waals surface area contributed by atoms with Crippen LogP contribution in [0.2, 0.25) is 0 Å². The van der Waals surface area contributed by atoms with Gasteiger partial charge in [-0.1, -0.05) is 0 Å². The van der Waals surface area contributed by atoms with Crippen molar-refractivity contribution >= 4 is 23.5 Å². The van der Waals surface area contributed by atoms with Crippen LogP contribution in [0.3, 0.4) is 0 Å². The molecule has 0 aliphatic heterocycles. The van der Waals surface area contributed by atoms with E-state index in [1.54, 1.807) is 12.1 Å². The molecule has 0 heterocycles. The number of carbonyl (C=O) groups is 3. The second kappa shape index (κ2) is 7.06. The monoisotopic (exact) mass is 306 g/mol. The highest BCUT2D eigenvalue weighted by atomic mass is 16.5. The molecule has 0 aromatic heterocycles. The molecule has 1 N–H and O–H groups in total. The smallest absolute Gasteiger partial charge is 0.337 e. The number of nitrogens with zero attached hydrogens (tertiary/aromatic N) is 1. The summed E-state index contributed by atoms with van der Waals surface area (Å²) in [5.74, 6) is -1.76. The maximum atomic E-state index is 12.2. The van der Waals surface area contributed by atoms with Crippen molar-refractivity contribution in [3.05, 3.63) is 29.8 Å². The fraction of sp³-hybridized carbons (Fsp3) is 0.438. The first-order valence-electron chi connectivity index (χ1n) is 7.02. The van der Waals surface area contributed by atoms with Crippen molar-refractivity contribution in [3.8, 4) is 0 Å². The summed E-state index contributed by atoms with van der Waals surface area (Å²) in [6, 6.07) is 6.14. The Balaban J connectivity index is 2.80. The predicted octanol–water partition coefficient (Wildman–Crippen LogP) is 2.06. The van der Waals surface area contributed by atoms with Crippen LogP contribution in [0, 0.1) is 0 Å². The lowest BCUT2D eigenvalue weighted by Crippen LogP contribution is -2.49. The number of hydrogen-bond donors (Lipinski definition) is 1. The van der Waals surface area contributed by atoms with E-state index < -0.39 is 23.3 Å². The Hall–Kier alpha value is -2.37. The highest BCUT2D eigenvalue weighted by molar-refractivity contribution is 6.39. The molecule has 0 aliphatic carbocycles. The molecular formula is C16H22N2O4. The summed E-state index contributed by atoms with van der Waals surface area (Å²) < 4.78 is 4.59. The maximum Gasteiger partial charge on any atom is 0.337 e. The first-order chi connectivity index (χ1) is 10.2. The Bertz CT molecular complexity index is 559. The Morgan fingerprint density at radius 1 is 1.14 bits per heavy atom. The average Bonchev–Trinajstić information content (AvgIpc) is 2.46. The summed E-state index contributed by atoms with van der Waals surface area (Å²) in [7, 11) is 1.29. The minimum Gasteiger partial charge on any atom is -0.465 e. The number of benzene rings is 1. The second-order valence-corrected chi connectivity index (χ2v) is 5.74. The Labute approximate surface area is 130 Å². The van der Waals surface area contributed by atoms with Crippen molar-refractivity contribution in [2.24, 2.45) is 0 Å². The van der Waals surface area contributed by atoms with Gasteiger partial charge in [-0.25, -0.2) is 4.79 Å². The van der Waals surface area contributed by atoms with Gasteiger partial charge >= 0.3 is 17.8 Å². The molecule has 1 aromatic rings. The lowest BCUT2D eigenvalue weighted by atomic mass is 10.1. The molecule has 2 amide bonds. The van der Waals surface area contributed by atoms with Crippen molar-refractivity contribution in [2.75, 3.05) is 19.0 Å². The largest absolute Gasteiger partial charge is 0.465 e. The standard InChI is InChI=1S/C16H22N2O4/c1-6-18(16(2,3)4)14(20)13(19)17-12-9-7-11(8-10-12)15(21)22-5/h7-10H,6H2,1-5H3,(H,17,19). The van der Waals surface area contributed by atoms with Gasteiger partial charge in [-0.2, -0.15) is 0 Å². The van der Waals surface area contributed by atoms with E-state index in [4.69, 9.17) is 0 Å². The molecule has 0 spiro atoms. The number of amides is 2. The van der Waals surface area contributed by atoms with E-state index in [-0.39, 0.29) is 0 Å². The van der Waals surface area contributed by atoms with Crippen LogP contribution in [-0.2, 0) is 14.3 Å². The van der Waals surface area contributed by atoms with Crippen LogP contribution in [0.5, 0.6) is 0 Å². The number of ether oxygens (including phenoxy) is 1. The van der Waals surface area contributed by atoms with Gasteiger partial charge in [0, 0.05) is 17.8 Å². The van der Waals surface area contributed by atoms with Crippen LogP contribution in [0.4, 0.5) is 5.69 Å². The van der Waals surface area contributed by atoms with Gasteiger partial charge in [-0.05, 0) is 52.0 Å². The van der Waals surface area contributed by atoms with E-state index in [0.29, 0.717) is 17.8 Å². The quantitative estimate of drug-likeness (QED) is 0.685. The number of esters is 1. The molecule has 0 unspecified atom stereocenters. The fourth-order valence-corrected chi connectivity index (χ4v) is 2.04. The van der Waals surface area contributed by atoms with Crippen LogP contribution < -0.4 is 5.32 Å². The van der Waals surface area contributed by atoms with E-state index in [9.17, 15) is 14.4 Å². The number of likely N-dealkylation sites (N-methyl/N-ethyl adjacent to an activating group) is 1. The summed E-state index contributed by atoms with van der Waals surface area (Å²) in [6.45, 7) is 7.87. The number of hydrogen-bond acceptors (Lipinski definition) is 4. The van der Waals surface area contributed by atoms with Crippen LogP contribution in [0.1, 0.15) is 38.1 Å². The van der Waals surface area contributed by atoms with Gasteiger partial charge in [-0.15, -0.1) is 0 Å². The summed E-state index contributed by atoms with van der Waals surface area (Å²) >= 11 is 0. The van der Waals surface area contributed by atoms with Gasteiger partial charge in [-0.3, -0.25) is 9.59 Å². The number of methoxy groups -OCH3 is 1. The lowest BCUT2D eigenvalue weighted by molar-refractivity contribution is -0.146. The van der Waals surface area contributed by atoms with Crippen molar-refractivity contribution in [1.29, 1.82) is 0 Å². The van der Waals surface area contributed by atoms with E-state index in [0.717, 1.165) is 0 Å². The van der Waals surface area contributed by atoms with Gasteiger partial charge in [0.25, 0.3) is 0 Å². The predicted molar refractivity (Wildman–Crippen MR) is 83.6 cm³/mol. The van der Waals surface area contributed by atoms with Gasteiger partial charge in [0.1, 0.15) is 0 Å². The minimum absolute atomic E-state index is 0.372. The topological polar surface area (TPSA) is 75.7 Å². The third kappa shape index (κ3) is 4.31. The number of anilines is 1. The fourth-order valence-electron chi connectivity index (χ4n) is 2.04. The highest BCUT2D eigenvalue weighted by Gasteiger charge is 2.29. The van der Waals surface area contributed by atoms with Gasteiger partial charge in [0.2, 0.25) is 0 Å². The summed E-state index contributed by atoms with van der Waals surface area (Å²) in [5, 5.41) is 2.53. The van der Waals surface area contributed by atoms with E-state index in [1.807, 2.05) is 27.7 Å². The van der Waals surface area contributed by atoms with E-state index in [2.05, 4.69) is 10.1 Å². The molecule has 0 bridgehead atoms. The van der Waals surface area contributed by atoms with Crippen LogP contribution in [-0.4, -0.2) is 41.9 Å². The van der Waals surface area contributed by atoms with Gasteiger partial charge < -0.3 is 15.0 Å². The number of carbonyl (C=O) groups excluding carboxylic acids is 3. The molecule has 0 saturated carbocycles. The first kappa shape index (κ1) is 17.7. The number of rotatable bonds is 3. The molecule has 120 valence electrons. The third-order valence-corrected chi connectivity index (χ3v) is 3.13. The molecule has 0 saturated heterocycles. The van der Waals surface area contributed by atoms with Crippen LogP contribution in [0.15, 0.2) is 24.3 Å². The normalized spacial score (nSPS) is 10.8. The zero-order valence-electron chi connectivity index (χ0n) is 13.6. The molecule has 0 atom stereocenters. The molecule has 0 aliphatic rings. The molecule has 1 aromatic carbocycles. The van der Waals surface area contributed by atoms with Crippen molar-refractivity contribution in [3.63, 3.8) is 0 Å². The van der Waals surface area contributed by atoms with Crippen LogP contribution >= 0.6 is 0 Å². The van der Waals surface area contributed by atoms with Crippen molar-refractivity contribution in [1.82, 2.24) is 4.90 Å². The highest BCUT2D eigenvalue weighted by Crippen LogP contribution is 2.15. The summed E-state index contributed by atoms with van der Waals surface area (Å²) in [4.78, 5) is 37.0. The molecule has 22 heavy (non-hydrogen) atoms. The lowest BCUT2D eigenvalue weighted by Gasteiger charge is -2.34. The summed E-state index contributed by atoms with van der Waals surface area (Å²) in [5.41, 5.74) is 0.380. The molecular weight excluding hydrogens is 284 g/mol. The molecule has 1 rings (SSSR count). The zero-order chi connectivity index (χ0) is 16.9. The SMILES string of the molecule is CCN(C(=O)C(=O)Nc1ccc(C(=O)OC)cc1)C(C)(C)C. The molecule has 0 fully saturated rings. The molecule has 6 nitrogen and oxygen atoms in total. The molecule has 0 radical (unpaired) electrons. The van der Waals surface area contributed by atoms with Crippen molar-refractivity contribution in [2.45, 2.75) is 33.2 Å². The Morgan fingerprint density at radius 2 is 1.68 bits per heavy atom. The Kier molecular flexibility index (Phi) is 5.68. The van der Waals surface area contributed by atoms with Crippen LogP contribution in [0.25, 0.3) is 0 Å². The maximum absolute atomic E-state index is 12.2. The average molecular weight is 306 g/mol. The Morgan fingerprint density at radius 3 is 2.09 bits per heavy atom. The first-order valence-corrected chi connectivity index (χ1v) is 7.02. The zero-order valence-corrected chi connectivity index (χ0v) is 13.6.